The number of benzene rings is 1. The topological polar surface area (TPSA) is 0 Å². The molecule has 0 saturated heterocycles. The molecule has 1 aromatic rings. The van der Waals surface area contributed by atoms with Crippen LogP contribution in [0.4, 0.5) is 0 Å². The third-order valence-corrected chi connectivity index (χ3v) is 6.59. The van der Waals surface area contributed by atoms with Crippen molar-refractivity contribution >= 4 is 0 Å². The molecule has 0 spiro atoms. The molecule has 0 aliphatic heterocycles. The second kappa shape index (κ2) is 3.98. The summed E-state index contributed by atoms with van der Waals surface area (Å²) in [6.07, 6.45) is 8.15. The van der Waals surface area contributed by atoms with Crippen LogP contribution in [-0.4, -0.2) is 0 Å². The van der Waals surface area contributed by atoms with Crippen molar-refractivity contribution in [1.29, 1.82) is 0 Å². The molecule has 0 radical (unpaired) electrons. The van der Waals surface area contributed by atoms with E-state index in [1.807, 2.05) is 0 Å². The molecule has 3 aliphatic rings. The van der Waals surface area contributed by atoms with Gasteiger partial charge in [0.1, 0.15) is 0 Å². The van der Waals surface area contributed by atoms with E-state index in [9.17, 15) is 0 Å². The molecular weight excluding hydrogens is 228 g/mol. The van der Waals surface area contributed by atoms with Crippen molar-refractivity contribution in [3.63, 3.8) is 0 Å². The van der Waals surface area contributed by atoms with Gasteiger partial charge < -0.3 is 0 Å². The largest absolute Gasteiger partial charge is 0.0993 e. The minimum atomic E-state index is 0.466. The van der Waals surface area contributed by atoms with Crippen LogP contribution in [0.5, 0.6) is 0 Å². The third kappa shape index (κ3) is 1.52. The molecule has 0 amide bonds. The lowest BCUT2D eigenvalue weighted by molar-refractivity contribution is 0.0817. The molecule has 0 heterocycles. The van der Waals surface area contributed by atoms with Crippen LogP contribution >= 0.6 is 0 Å². The fourth-order valence-corrected chi connectivity index (χ4v) is 5.43. The van der Waals surface area contributed by atoms with Crippen LogP contribution in [0.1, 0.15) is 56.1 Å². The fraction of sp³-hybridized carbons (Fsp3) is 0.579. The monoisotopic (exact) mass is 252 g/mol. The van der Waals surface area contributed by atoms with Crippen molar-refractivity contribution < 1.29 is 0 Å². The van der Waals surface area contributed by atoms with Gasteiger partial charge in [-0.15, -0.1) is 0 Å². The number of rotatable bonds is 0. The molecule has 4 rings (SSSR count). The zero-order valence-electron chi connectivity index (χ0n) is 12.0. The lowest BCUT2D eigenvalue weighted by Gasteiger charge is -2.49. The second-order valence-corrected chi connectivity index (χ2v) is 7.21. The van der Waals surface area contributed by atoms with Gasteiger partial charge in [0.2, 0.25) is 0 Å². The maximum Gasteiger partial charge on any atom is -0.00876 e. The predicted molar refractivity (Wildman–Crippen MR) is 80.2 cm³/mol. The van der Waals surface area contributed by atoms with Crippen molar-refractivity contribution in [2.75, 3.05) is 0 Å². The molecule has 0 heteroatoms. The van der Waals surface area contributed by atoms with E-state index in [1.165, 1.54) is 38.5 Å². The molecule has 4 atom stereocenters. The van der Waals surface area contributed by atoms with Crippen molar-refractivity contribution in [2.45, 2.75) is 51.4 Å². The first-order valence-electron chi connectivity index (χ1n) is 7.96. The molecule has 2 fully saturated rings. The summed E-state index contributed by atoms with van der Waals surface area (Å²) in [7, 11) is 0. The van der Waals surface area contributed by atoms with Gasteiger partial charge >= 0.3 is 0 Å². The number of fused-ring (bicyclic) bond motifs is 5. The Labute approximate surface area is 116 Å². The molecule has 19 heavy (non-hydrogen) atoms. The standard InChI is InChI=1S/C19H24/c1-13-7-10-18-17-9-8-14-5-3-4-6-15(14)16(17)11-12-19(13,18)2/h3-6,16-18H,1,7-12H2,2H3. The van der Waals surface area contributed by atoms with Gasteiger partial charge in [0.25, 0.3) is 0 Å². The Hall–Kier alpha value is -1.04. The molecule has 0 aromatic heterocycles. The van der Waals surface area contributed by atoms with E-state index in [-0.39, 0.29) is 0 Å². The van der Waals surface area contributed by atoms with Crippen LogP contribution in [0.25, 0.3) is 0 Å². The first kappa shape index (κ1) is 11.8. The highest BCUT2D eigenvalue weighted by molar-refractivity contribution is 5.36. The van der Waals surface area contributed by atoms with Gasteiger partial charge in [-0.25, -0.2) is 0 Å². The maximum absolute atomic E-state index is 4.39. The van der Waals surface area contributed by atoms with Gasteiger partial charge in [-0.05, 0) is 72.8 Å². The number of hydrogen-bond donors (Lipinski definition) is 0. The Morgan fingerprint density at radius 3 is 2.84 bits per heavy atom. The highest BCUT2D eigenvalue weighted by Crippen LogP contribution is 2.62. The molecule has 1 aromatic carbocycles. The number of aryl methyl sites for hydroxylation is 1. The van der Waals surface area contributed by atoms with E-state index in [0.717, 1.165) is 17.8 Å². The Morgan fingerprint density at radius 2 is 1.95 bits per heavy atom. The molecule has 0 N–H and O–H groups in total. The summed E-state index contributed by atoms with van der Waals surface area (Å²) >= 11 is 0. The Morgan fingerprint density at radius 1 is 1.11 bits per heavy atom. The van der Waals surface area contributed by atoms with Crippen LogP contribution in [0.15, 0.2) is 36.4 Å². The maximum atomic E-state index is 4.39. The average Bonchev–Trinajstić information content (AvgIpc) is 2.75. The van der Waals surface area contributed by atoms with E-state index in [4.69, 9.17) is 0 Å². The second-order valence-electron chi connectivity index (χ2n) is 7.21. The van der Waals surface area contributed by atoms with E-state index in [2.05, 4.69) is 37.8 Å². The quantitative estimate of drug-likeness (QED) is 0.564. The summed E-state index contributed by atoms with van der Waals surface area (Å²) in [4.78, 5) is 0. The van der Waals surface area contributed by atoms with Crippen LogP contribution < -0.4 is 0 Å². The van der Waals surface area contributed by atoms with Gasteiger partial charge in [-0.2, -0.15) is 0 Å². The highest BCUT2D eigenvalue weighted by Gasteiger charge is 2.51. The number of allylic oxidation sites excluding steroid dienone is 1. The number of hydrogen-bond acceptors (Lipinski definition) is 0. The van der Waals surface area contributed by atoms with Gasteiger partial charge in [0, 0.05) is 0 Å². The normalized spacial score (nSPS) is 40.5. The first-order valence-corrected chi connectivity index (χ1v) is 7.96. The molecule has 0 bridgehead atoms. The summed E-state index contributed by atoms with van der Waals surface area (Å²) in [6, 6.07) is 9.21. The van der Waals surface area contributed by atoms with Crippen molar-refractivity contribution in [1.82, 2.24) is 0 Å². The summed E-state index contributed by atoms with van der Waals surface area (Å²) < 4.78 is 0. The van der Waals surface area contributed by atoms with Crippen LogP contribution in [0.3, 0.4) is 0 Å². The van der Waals surface area contributed by atoms with Crippen molar-refractivity contribution in [3.05, 3.63) is 47.5 Å². The van der Waals surface area contributed by atoms with Crippen LogP contribution in [0.2, 0.25) is 0 Å². The van der Waals surface area contributed by atoms with E-state index >= 15 is 0 Å². The molecule has 100 valence electrons. The van der Waals surface area contributed by atoms with Gasteiger partial charge in [0.15, 0.2) is 0 Å². The lowest BCUT2D eigenvalue weighted by Crippen LogP contribution is -2.40. The Bertz CT molecular complexity index is 527. The van der Waals surface area contributed by atoms with Gasteiger partial charge in [-0.3, -0.25) is 0 Å². The predicted octanol–water partition coefficient (Wildman–Crippen LogP) is 5.10. The van der Waals surface area contributed by atoms with E-state index in [0.29, 0.717) is 5.41 Å². The van der Waals surface area contributed by atoms with E-state index in [1.54, 1.807) is 16.7 Å². The highest BCUT2D eigenvalue weighted by atomic mass is 14.6. The third-order valence-electron chi connectivity index (χ3n) is 6.59. The SMILES string of the molecule is C=C1CCC2C3CCc4ccccc4C3CCC12C. The molecule has 3 aliphatic carbocycles. The van der Waals surface area contributed by atoms with Gasteiger partial charge in [0.05, 0.1) is 0 Å². The fourth-order valence-electron chi connectivity index (χ4n) is 5.43. The molecule has 0 nitrogen and oxygen atoms in total. The summed E-state index contributed by atoms with van der Waals surface area (Å²) in [5.41, 5.74) is 5.32. The van der Waals surface area contributed by atoms with Crippen molar-refractivity contribution in [3.8, 4) is 0 Å². The van der Waals surface area contributed by atoms with Crippen molar-refractivity contribution in [2.24, 2.45) is 17.3 Å². The zero-order valence-corrected chi connectivity index (χ0v) is 12.0. The molecule has 2 saturated carbocycles. The van der Waals surface area contributed by atoms with Crippen LogP contribution in [0, 0.1) is 17.3 Å². The summed E-state index contributed by atoms with van der Waals surface area (Å²) in [5.74, 6) is 2.67. The van der Waals surface area contributed by atoms with Gasteiger partial charge in [-0.1, -0.05) is 43.3 Å². The Kier molecular flexibility index (Phi) is 2.46. The summed E-state index contributed by atoms with van der Waals surface area (Å²) in [5, 5.41) is 0. The zero-order chi connectivity index (χ0) is 13.0. The smallest absolute Gasteiger partial charge is 0.00876 e. The van der Waals surface area contributed by atoms with E-state index < -0.39 is 0 Å². The molecular formula is C19H24. The average molecular weight is 252 g/mol. The summed E-state index contributed by atoms with van der Waals surface area (Å²) in [6.45, 7) is 6.90. The molecule has 4 unspecified atom stereocenters. The minimum absolute atomic E-state index is 0.466. The lowest BCUT2D eigenvalue weighted by atomic mass is 9.55. The van der Waals surface area contributed by atoms with Crippen LogP contribution in [-0.2, 0) is 6.42 Å². The minimum Gasteiger partial charge on any atom is -0.0993 e. The first-order chi connectivity index (χ1) is 9.20. The Balaban J connectivity index is 1.74.